The monoisotopic (exact) mass is 187 g/mol. The normalized spacial score (nSPS) is 11.8. The molecule has 1 unspecified atom stereocenters. The number of rotatable bonds is 5. The molecule has 0 aromatic heterocycles. The van der Waals surface area contributed by atoms with E-state index in [9.17, 15) is 9.59 Å². The van der Waals surface area contributed by atoms with Crippen molar-refractivity contribution in [1.29, 1.82) is 0 Å². The van der Waals surface area contributed by atoms with Gasteiger partial charge in [-0.3, -0.25) is 10.1 Å². The molecule has 0 aliphatic rings. The minimum Gasteiger partial charge on any atom is -0.480 e. The molecule has 0 heterocycles. The van der Waals surface area contributed by atoms with Crippen molar-refractivity contribution in [3.8, 4) is 0 Å². The van der Waals surface area contributed by atoms with Crippen LogP contribution in [0.15, 0.2) is 12.2 Å². The molecule has 1 atom stereocenters. The lowest BCUT2D eigenvalue weighted by Crippen LogP contribution is -2.35. The van der Waals surface area contributed by atoms with E-state index in [2.05, 4.69) is 11.9 Å². The first-order valence-electron chi connectivity index (χ1n) is 3.75. The summed E-state index contributed by atoms with van der Waals surface area (Å²) in [5.41, 5.74) is 0.281. The standard InChI is InChI=1S/C8H13NO4/c1-5(2)8(12)13-6(3)9-4-7(10)11/h6,9H,1,4H2,2-3H3,(H,10,11). The second-order valence-electron chi connectivity index (χ2n) is 2.60. The molecule has 0 radical (unpaired) electrons. The Hall–Kier alpha value is -1.36. The molecule has 0 fully saturated rings. The molecule has 0 saturated carbocycles. The summed E-state index contributed by atoms with van der Waals surface area (Å²) in [6.45, 7) is 6.20. The van der Waals surface area contributed by atoms with Gasteiger partial charge in [-0.2, -0.15) is 0 Å². The average molecular weight is 187 g/mol. The lowest BCUT2D eigenvalue weighted by Gasteiger charge is -2.13. The Kier molecular flexibility index (Phi) is 4.76. The zero-order valence-electron chi connectivity index (χ0n) is 7.66. The van der Waals surface area contributed by atoms with E-state index in [0.29, 0.717) is 0 Å². The van der Waals surface area contributed by atoms with E-state index in [4.69, 9.17) is 9.84 Å². The highest BCUT2D eigenvalue weighted by Crippen LogP contribution is 1.95. The van der Waals surface area contributed by atoms with Crippen LogP contribution in [0.3, 0.4) is 0 Å². The largest absolute Gasteiger partial charge is 0.480 e. The molecule has 0 aromatic rings. The van der Waals surface area contributed by atoms with Gasteiger partial charge in [-0.05, 0) is 13.8 Å². The second-order valence-corrected chi connectivity index (χ2v) is 2.60. The Balaban J connectivity index is 3.74. The molecule has 0 aromatic carbocycles. The second kappa shape index (κ2) is 5.31. The Morgan fingerprint density at radius 1 is 1.62 bits per heavy atom. The first-order chi connectivity index (χ1) is 5.93. The minimum absolute atomic E-state index is 0.245. The zero-order chi connectivity index (χ0) is 10.4. The Morgan fingerprint density at radius 3 is 2.54 bits per heavy atom. The molecule has 0 aliphatic heterocycles. The fourth-order valence-electron chi connectivity index (χ4n) is 0.534. The number of carbonyl (C=O) groups is 2. The molecule has 5 heteroatoms. The number of nitrogens with one attached hydrogen (secondary N) is 1. The third-order valence-corrected chi connectivity index (χ3v) is 1.17. The van der Waals surface area contributed by atoms with Crippen LogP contribution in [0.1, 0.15) is 13.8 Å². The van der Waals surface area contributed by atoms with Gasteiger partial charge in [0.05, 0.1) is 6.54 Å². The van der Waals surface area contributed by atoms with Gasteiger partial charge < -0.3 is 9.84 Å². The Labute approximate surface area is 76.4 Å². The lowest BCUT2D eigenvalue weighted by molar-refractivity contribution is -0.147. The average Bonchev–Trinajstić information content (AvgIpc) is 2.00. The van der Waals surface area contributed by atoms with Gasteiger partial charge in [0, 0.05) is 5.57 Å². The molecule has 0 amide bonds. The van der Waals surface area contributed by atoms with Gasteiger partial charge in [0.2, 0.25) is 0 Å². The third kappa shape index (κ3) is 5.86. The SMILES string of the molecule is C=C(C)C(=O)OC(C)NCC(=O)O. The molecule has 0 aliphatic carbocycles. The van der Waals surface area contributed by atoms with E-state index in [1.165, 1.54) is 6.92 Å². The maximum atomic E-state index is 10.9. The van der Waals surface area contributed by atoms with Crippen LogP contribution >= 0.6 is 0 Å². The van der Waals surface area contributed by atoms with E-state index in [-0.39, 0.29) is 12.1 Å². The molecule has 13 heavy (non-hydrogen) atoms. The number of aliphatic carboxylic acids is 1. The van der Waals surface area contributed by atoms with Gasteiger partial charge in [0.1, 0.15) is 0 Å². The van der Waals surface area contributed by atoms with Crippen molar-refractivity contribution in [2.75, 3.05) is 6.54 Å². The fourth-order valence-corrected chi connectivity index (χ4v) is 0.534. The van der Waals surface area contributed by atoms with Gasteiger partial charge in [0.25, 0.3) is 0 Å². The summed E-state index contributed by atoms with van der Waals surface area (Å²) >= 11 is 0. The van der Waals surface area contributed by atoms with Crippen LogP contribution < -0.4 is 5.32 Å². The first-order valence-corrected chi connectivity index (χ1v) is 3.75. The minimum atomic E-state index is -1.00. The summed E-state index contributed by atoms with van der Waals surface area (Å²) in [6, 6.07) is 0. The van der Waals surface area contributed by atoms with Crippen molar-refractivity contribution >= 4 is 11.9 Å². The number of ether oxygens (including phenoxy) is 1. The maximum Gasteiger partial charge on any atom is 0.334 e. The van der Waals surface area contributed by atoms with Crippen LogP contribution in [-0.4, -0.2) is 29.8 Å². The summed E-state index contributed by atoms with van der Waals surface area (Å²) in [4.78, 5) is 21.0. The molecular weight excluding hydrogens is 174 g/mol. The predicted molar refractivity (Wildman–Crippen MR) is 46.0 cm³/mol. The summed E-state index contributed by atoms with van der Waals surface area (Å²) in [5.74, 6) is -1.54. The fraction of sp³-hybridized carbons (Fsp3) is 0.500. The van der Waals surface area contributed by atoms with Gasteiger partial charge in [0.15, 0.2) is 6.23 Å². The van der Waals surface area contributed by atoms with Crippen molar-refractivity contribution in [3.63, 3.8) is 0 Å². The predicted octanol–water partition coefficient (Wildman–Crippen LogP) is 0.126. The van der Waals surface area contributed by atoms with Gasteiger partial charge in [-0.15, -0.1) is 0 Å². The first kappa shape index (κ1) is 11.6. The molecule has 0 rings (SSSR count). The number of carboxylic acids is 1. The van der Waals surface area contributed by atoms with Crippen LogP contribution in [0.5, 0.6) is 0 Å². The number of carboxylic acid groups (broad SMARTS) is 1. The summed E-state index contributed by atoms with van der Waals surface area (Å²) in [6.07, 6.45) is -0.625. The number of carbonyl (C=O) groups excluding carboxylic acids is 1. The van der Waals surface area contributed by atoms with E-state index in [0.717, 1.165) is 0 Å². The molecule has 5 nitrogen and oxygen atoms in total. The number of hydrogen-bond acceptors (Lipinski definition) is 4. The van der Waals surface area contributed by atoms with Crippen LogP contribution in [0.25, 0.3) is 0 Å². The highest BCUT2D eigenvalue weighted by Gasteiger charge is 2.09. The van der Waals surface area contributed by atoms with Crippen LogP contribution in [0.4, 0.5) is 0 Å². The summed E-state index contributed by atoms with van der Waals surface area (Å²) < 4.78 is 4.75. The Bertz CT molecular complexity index is 224. The van der Waals surface area contributed by atoms with E-state index < -0.39 is 18.2 Å². The quantitative estimate of drug-likeness (QED) is 0.363. The van der Waals surface area contributed by atoms with Crippen LogP contribution in [0.2, 0.25) is 0 Å². The summed E-state index contributed by atoms with van der Waals surface area (Å²) in [7, 11) is 0. The maximum absolute atomic E-state index is 10.9. The smallest absolute Gasteiger partial charge is 0.334 e. The highest BCUT2D eigenvalue weighted by atomic mass is 16.6. The van der Waals surface area contributed by atoms with E-state index in [1.807, 2.05) is 0 Å². The third-order valence-electron chi connectivity index (χ3n) is 1.17. The molecule has 0 bridgehead atoms. The van der Waals surface area contributed by atoms with Gasteiger partial charge in [-0.1, -0.05) is 6.58 Å². The topological polar surface area (TPSA) is 75.6 Å². The molecule has 0 saturated heterocycles. The Morgan fingerprint density at radius 2 is 2.15 bits per heavy atom. The van der Waals surface area contributed by atoms with Gasteiger partial charge in [-0.25, -0.2) is 4.79 Å². The van der Waals surface area contributed by atoms with Crippen molar-refractivity contribution in [2.24, 2.45) is 0 Å². The van der Waals surface area contributed by atoms with Crippen LogP contribution in [-0.2, 0) is 14.3 Å². The van der Waals surface area contributed by atoms with Crippen molar-refractivity contribution in [3.05, 3.63) is 12.2 Å². The van der Waals surface area contributed by atoms with Crippen LogP contribution in [0, 0.1) is 0 Å². The van der Waals surface area contributed by atoms with E-state index >= 15 is 0 Å². The van der Waals surface area contributed by atoms with Crippen molar-refractivity contribution < 1.29 is 19.4 Å². The molecular formula is C8H13NO4. The number of hydrogen-bond donors (Lipinski definition) is 2. The van der Waals surface area contributed by atoms with Crippen molar-refractivity contribution in [2.45, 2.75) is 20.1 Å². The lowest BCUT2D eigenvalue weighted by atomic mass is 10.4. The summed E-state index contributed by atoms with van der Waals surface area (Å²) in [5, 5.41) is 10.8. The number of esters is 1. The molecule has 2 N–H and O–H groups in total. The van der Waals surface area contributed by atoms with E-state index in [1.54, 1.807) is 6.92 Å². The highest BCUT2D eigenvalue weighted by molar-refractivity contribution is 5.87. The van der Waals surface area contributed by atoms with Crippen molar-refractivity contribution in [1.82, 2.24) is 5.32 Å². The van der Waals surface area contributed by atoms with Gasteiger partial charge >= 0.3 is 11.9 Å². The zero-order valence-corrected chi connectivity index (χ0v) is 7.66. The molecule has 0 spiro atoms. The molecule has 74 valence electrons.